The maximum Gasteiger partial charge on any atom is 0.146 e. The molecular weight excluding hydrogens is 180 g/mol. The normalized spacial score (nSPS) is 19.9. The molecule has 4 nitrogen and oxygen atoms in total. The molecule has 1 rings (SSSR count). The van der Waals surface area contributed by atoms with E-state index in [9.17, 15) is 4.79 Å². The first kappa shape index (κ1) is 11.6. The Labute approximate surface area is 85.5 Å². The molecule has 0 aromatic heterocycles. The SMILES string of the molecule is CCC(=O)CN1CCN(CCO)CC1. The Hall–Kier alpha value is -0.450. The van der Waals surface area contributed by atoms with E-state index in [1.165, 1.54) is 0 Å². The smallest absolute Gasteiger partial charge is 0.146 e. The summed E-state index contributed by atoms with van der Waals surface area (Å²) in [5.41, 5.74) is 0. The molecule has 0 atom stereocenters. The summed E-state index contributed by atoms with van der Waals surface area (Å²) in [6.45, 7) is 7.34. The first-order valence-corrected chi connectivity index (χ1v) is 5.33. The molecule has 0 unspecified atom stereocenters. The van der Waals surface area contributed by atoms with Crippen LogP contribution in [0.2, 0.25) is 0 Å². The molecule has 82 valence electrons. The van der Waals surface area contributed by atoms with Crippen molar-refractivity contribution in [2.45, 2.75) is 13.3 Å². The lowest BCUT2D eigenvalue weighted by atomic mass is 10.2. The number of carbonyl (C=O) groups is 1. The quantitative estimate of drug-likeness (QED) is 0.654. The van der Waals surface area contributed by atoms with Gasteiger partial charge >= 0.3 is 0 Å². The fourth-order valence-corrected chi connectivity index (χ4v) is 1.67. The number of carbonyl (C=O) groups excluding carboxylic acids is 1. The lowest BCUT2D eigenvalue weighted by molar-refractivity contribution is -0.120. The van der Waals surface area contributed by atoms with E-state index >= 15 is 0 Å². The second kappa shape index (κ2) is 6.11. The maximum absolute atomic E-state index is 11.2. The zero-order valence-electron chi connectivity index (χ0n) is 8.91. The van der Waals surface area contributed by atoms with Crippen molar-refractivity contribution in [1.29, 1.82) is 0 Å². The minimum absolute atomic E-state index is 0.230. The van der Waals surface area contributed by atoms with Gasteiger partial charge in [-0.05, 0) is 0 Å². The molecule has 4 heteroatoms. The van der Waals surface area contributed by atoms with Crippen molar-refractivity contribution in [2.75, 3.05) is 45.9 Å². The van der Waals surface area contributed by atoms with Crippen molar-refractivity contribution in [3.63, 3.8) is 0 Å². The first-order chi connectivity index (χ1) is 6.76. The van der Waals surface area contributed by atoms with Crippen LogP contribution < -0.4 is 0 Å². The summed E-state index contributed by atoms with van der Waals surface area (Å²) in [7, 11) is 0. The summed E-state index contributed by atoms with van der Waals surface area (Å²) in [4.78, 5) is 15.6. The largest absolute Gasteiger partial charge is 0.395 e. The average molecular weight is 200 g/mol. The number of nitrogens with zero attached hydrogens (tertiary/aromatic N) is 2. The van der Waals surface area contributed by atoms with Crippen LogP contribution >= 0.6 is 0 Å². The highest BCUT2D eigenvalue weighted by Gasteiger charge is 2.17. The Morgan fingerprint density at radius 3 is 2.29 bits per heavy atom. The first-order valence-electron chi connectivity index (χ1n) is 5.33. The van der Waals surface area contributed by atoms with E-state index in [4.69, 9.17) is 5.11 Å². The molecule has 0 radical (unpaired) electrons. The second-order valence-electron chi connectivity index (χ2n) is 3.73. The molecular formula is C10H20N2O2. The van der Waals surface area contributed by atoms with Gasteiger partial charge in [-0.25, -0.2) is 0 Å². The summed E-state index contributed by atoms with van der Waals surface area (Å²) >= 11 is 0. The van der Waals surface area contributed by atoms with Crippen LogP contribution in [0.15, 0.2) is 0 Å². The Kier molecular flexibility index (Phi) is 5.07. The Bertz CT molecular complexity index is 177. The van der Waals surface area contributed by atoms with Gasteiger partial charge in [0.05, 0.1) is 13.2 Å². The van der Waals surface area contributed by atoms with Crippen molar-refractivity contribution >= 4 is 5.78 Å². The summed E-state index contributed by atoms with van der Waals surface area (Å²) in [6, 6.07) is 0. The molecule has 1 N–H and O–H groups in total. The lowest BCUT2D eigenvalue weighted by Gasteiger charge is -2.33. The number of hydrogen-bond acceptors (Lipinski definition) is 4. The van der Waals surface area contributed by atoms with Crippen molar-refractivity contribution in [3.8, 4) is 0 Å². The highest BCUT2D eigenvalue weighted by Crippen LogP contribution is 2.01. The van der Waals surface area contributed by atoms with Crippen molar-refractivity contribution in [3.05, 3.63) is 0 Å². The summed E-state index contributed by atoms with van der Waals surface area (Å²) in [5.74, 6) is 0.320. The molecule has 0 aromatic rings. The molecule has 0 spiro atoms. The molecule has 0 amide bonds. The predicted molar refractivity (Wildman–Crippen MR) is 55.3 cm³/mol. The van der Waals surface area contributed by atoms with Crippen LogP contribution in [0.3, 0.4) is 0 Å². The minimum Gasteiger partial charge on any atom is -0.395 e. The third kappa shape index (κ3) is 3.74. The predicted octanol–water partition coefficient (Wildman–Crippen LogP) is -0.425. The summed E-state index contributed by atoms with van der Waals surface area (Å²) in [5, 5.41) is 8.76. The summed E-state index contributed by atoms with van der Waals surface area (Å²) in [6.07, 6.45) is 0.636. The summed E-state index contributed by atoms with van der Waals surface area (Å²) < 4.78 is 0. The van der Waals surface area contributed by atoms with Gasteiger partial charge in [-0.2, -0.15) is 0 Å². The van der Waals surface area contributed by atoms with Gasteiger partial charge < -0.3 is 5.11 Å². The molecule has 0 aliphatic carbocycles. The Morgan fingerprint density at radius 1 is 1.21 bits per heavy atom. The number of aliphatic hydroxyl groups is 1. The van der Waals surface area contributed by atoms with Crippen LogP contribution in [0, 0.1) is 0 Å². The number of rotatable bonds is 5. The third-order valence-electron chi connectivity index (χ3n) is 2.68. The number of hydrogen-bond donors (Lipinski definition) is 1. The molecule has 0 saturated carbocycles. The van der Waals surface area contributed by atoms with Gasteiger partial charge in [0.1, 0.15) is 5.78 Å². The van der Waals surface area contributed by atoms with Gasteiger partial charge in [0.2, 0.25) is 0 Å². The number of piperazine rings is 1. The van der Waals surface area contributed by atoms with Crippen LogP contribution in [0.1, 0.15) is 13.3 Å². The Balaban J connectivity index is 2.18. The number of β-amino-alcohol motifs (C(OH)–C–C–N with tert-alkyl or cyclic N) is 1. The van der Waals surface area contributed by atoms with Gasteiger partial charge in [-0.1, -0.05) is 6.92 Å². The molecule has 0 bridgehead atoms. The average Bonchev–Trinajstić information content (AvgIpc) is 2.21. The van der Waals surface area contributed by atoms with Gasteiger partial charge in [-0.15, -0.1) is 0 Å². The van der Waals surface area contributed by atoms with E-state index in [1.54, 1.807) is 0 Å². The molecule has 14 heavy (non-hydrogen) atoms. The van der Waals surface area contributed by atoms with Gasteiger partial charge in [0, 0.05) is 39.1 Å². The maximum atomic E-state index is 11.2. The van der Waals surface area contributed by atoms with E-state index in [0.717, 1.165) is 32.7 Å². The molecule has 1 aliphatic heterocycles. The van der Waals surface area contributed by atoms with Crippen LogP contribution in [0.25, 0.3) is 0 Å². The van der Waals surface area contributed by atoms with Gasteiger partial charge in [0.25, 0.3) is 0 Å². The van der Waals surface area contributed by atoms with Crippen LogP contribution in [-0.4, -0.2) is 66.6 Å². The Morgan fingerprint density at radius 2 is 1.79 bits per heavy atom. The highest BCUT2D eigenvalue weighted by atomic mass is 16.3. The van der Waals surface area contributed by atoms with Crippen LogP contribution in [0.4, 0.5) is 0 Å². The monoisotopic (exact) mass is 200 g/mol. The van der Waals surface area contributed by atoms with Crippen molar-refractivity contribution in [1.82, 2.24) is 9.80 Å². The zero-order valence-corrected chi connectivity index (χ0v) is 8.91. The second-order valence-corrected chi connectivity index (χ2v) is 3.73. The number of aliphatic hydroxyl groups excluding tert-OH is 1. The van der Waals surface area contributed by atoms with E-state index in [-0.39, 0.29) is 6.61 Å². The molecule has 1 fully saturated rings. The van der Waals surface area contributed by atoms with E-state index in [2.05, 4.69) is 9.80 Å². The van der Waals surface area contributed by atoms with Crippen molar-refractivity contribution < 1.29 is 9.90 Å². The lowest BCUT2D eigenvalue weighted by Crippen LogP contribution is -2.48. The molecule has 1 aliphatic rings. The molecule has 1 heterocycles. The van der Waals surface area contributed by atoms with Gasteiger partial charge in [0.15, 0.2) is 0 Å². The fraction of sp³-hybridized carbons (Fsp3) is 0.900. The van der Waals surface area contributed by atoms with Crippen LogP contribution in [0.5, 0.6) is 0 Å². The van der Waals surface area contributed by atoms with Crippen LogP contribution in [-0.2, 0) is 4.79 Å². The molecule has 0 aromatic carbocycles. The standard InChI is InChI=1S/C10H20N2O2/c1-2-10(14)9-12-5-3-11(4-6-12)7-8-13/h13H,2-9H2,1H3. The fourth-order valence-electron chi connectivity index (χ4n) is 1.67. The zero-order chi connectivity index (χ0) is 10.4. The van der Waals surface area contributed by atoms with E-state index in [1.807, 2.05) is 6.92 Å². The number of ketones is 1. The number of Topliss-reactive ketones (excluding diaryl/α,β-unsaturated/α-hetero) is 1. The van der Waals surface area contributed by atoms with Gasteiger partial charge in [-0.3, -0.25) is 14.6 Å². The third-order valence-corrected chi connectivity index (χ3v) is 2.68. The van der Waals surface area contributed by atoms with Crippen molar-refractivity contribution in [2.24, 2.45) is 0 Å². The molecule has 1 saturated heterocycles. The highest BCUT2D eigenvalue weighted by molar-refractivity contribution is 5.80. The minimum atomic E-state index is 0.230. The van der Waals surface area contributed by atoms with E-state index < -0.39 is 0 Å². The topological polar surface area (TPSA) is 43.8 Å². The van der Waals surface area contributed by atoms with E-state index in [0.29, 0.717) is 18.7 Å².